The first-order valence-corrected chi connectivity index (χ1v) is 10.2. The molecular formula is C25H26BNO2. The highest BCUT2D eigenvalue weighted by Crippen LogP contribution is 2.37. The molecule has 1 atom stereocenters. The second kappa shape index (κ2) is 6.70. The van der Waals surface area contributed by atoms with Crippen LogP contribution in [0, 0.1) is 0 Å². The van der Waals surface area contributed by atoms with Crippen LogP contribution < -0.4 is 5.46 Å². The summed E-state index contributed by atoms with van der Waals surface area (Å²) in [5, 5.41) is 5.16. The van der Waals surface area contributed by atoms with E-state index in [1.54, 1.807) is 14.2 Å². The fraction of sp³-hybridized carbons (Fsp3) is 0.200. The number of quaternary nitrogens is 1. The molecule has 0 aromatic heterocycles. The van der Waals surface area contributed by atoms with Gasteiger partial charge < -0.3 is 13.7 Å². The highest BCUT2D eigenvalue weighted by atomic mass is 16.6. The van der Waals surface area contributed by atoms with Crippen LogP contribution in [0.4, 0.5) is 0 Å². The van der Waals surface area contributed by atoms with Crippen molar-refractivity contribution in [1.29, 1.82) is 0 Å². The fourth-order valence-corrected chi connectivity index (χ4v) is 5.55. The maximum absolute atomic E-state index is 6.20. The quantitative estimate of drug-likeness (QED) is 0.379. The zero-order valence-electron chi connectivity index (χ0n) is 17.3. The van der Waals surface area contributed by atoms with E-state index in [1.807, 2.05) is 0 Å². The van der Waals surface area contributed by atoms with Gasteiger partial charge in [-0.2, -0.15) is 0 Å². The number of benzene rings is 4. The van der Waals surface area contributed by atoms with Gasteiger partial charge in [-0.1, -0.05) is 78.3 Å². The molecule has 4 heteroatoms. The first-order valence-electron chi connectivity index (χ1n) is 10.2. The molecule has 0 aliphatic carbocycles. The molecule has 0 N–H and O–H groups in total. The molecule has 0 bridgehead atoms. The summed E-state index contributed by atoms with van der Waals surface area (Å²) in [6.45, 7) is 0.0587. The molecule has 3 nitrogen and oxygen atoms in total. The molecule has 29 heavy (non-hydrogen) atoms. The van der Waals surface area contributed by atoms with Gasteiger partial charge in [0, 0.05) is 12.6 Å². The van der Waals surface area contributed by atoms with Crippen LogP contribution in [0.5, 0.6) is 0 Å². The predicted molar refractivity (Wildman–Crippen MR) is 121 cm³/mol. The van der Waals surface area contributed by atoms with E-state index in [-0.39, 0.29) is 0 Å². The Morgan fingerprint density at radius 2 is 1.34 bits per heavy atom. The number of hydrogen-bond donors (Lipinski definition) is 0. The maximum atomic E-state index is 6.20. The van der Waals surface area contributed by atoms with Gasteiger partial charge in [-0.05, 0) is 47.4 Å². The smallest absolute Gasteiger partial charge is 0.502 e. The Labute approximate surface area is 172 Å². The van der Waals surface area contributed by atoms with Crippen LogP contribution in [0.1, 0.15) is 11.1 Å². The molecule has 146 valence electrons. The first-order chi connectivity index (χ1) is 14.1. The number of nitrogens with zero attached hydrogens (tertiary/aromatic N) is 1. The Kier molecular flexibility index (Phi) is 4.25. The van der Waals surface area contributed by atoms with E-state index in [1.165, 1.54) is 38.1 Å². The summed E-state index contributed by atoms with van der Waals surface area (Å²) in [5.74, 6) is 0. The van der Waals surface area contributed by atoms with Crippen molar-refractivity contribution in [3.8, 4) is 0 Å². The lowest BCUT2D eigenvalue weighted by Crippen LogP contribution is -2.70. The van der Waals surface area contributed by atoms with E-state index in [2.05, 4.69) is 85.9 Å². The molecule has 0 saturated carbocycles. The lowest BCUT2D eigenvalue weighted by atomic mass is 9.61. The summed E-state index contributed by atoms with van der Waals surface area (Å²) in [7, 11) is 5.83. The summed E-state index contributed by atoms with van der Waals surface area (Å²) in [6.07, 6.45) is 0. The molecule has 1 heterocycles. The normalized spacial score (nSPS) is 20.2. The third-order valence-corrected chi connectivity index (χ3v) is 6.84. The van der Waals surface area contributed by atoms with Gasteiger partial charge in [0.1, 0.15) is 0 Å². The van der Waals surface area contributed by atoms with Crippen LogP contribution in [0.2, 0.25) is 0 Å². The number of hydrogen-bond acceptors (Lipinski definition) is 2. The van der Waals surface area contributed by atoms with Gasteiger partial charge in [0.15, 0.2) is 0 Å². The van der Waals surface area contributed by atoms with Crippen LogP contribution in [0.25, 0.3) is 21.5 Å². The van der Waals surface area contributed by atoms with Crippen molar-refractivity contribution in [2.24, 2.45) is 0 Å². The number of rotatable bonds is 4. The minimum atomic E-state index is -1.66. The van der Waals surface area contributed by atoms with Gasteiger partial charge in [-0.25, -0.2) is 0 Å². The van der Waals surface area contributed by atoms with E-state index < -0.39 is 6.69 Å². The van der Waals surface area contributed by atoms with Crippen molar-refractivity contribution in [2.45, 2.75) is 13.1 Å². The fourth-order valence-electron chi connectivity index (χ4n) is 5.55. The van der Waals surface area contributed by atoms with Crippen LogP contribution in [0.15, 0.2) is 78.9 Å². The molecule has 5 rings (SSSR count). The van der Waals surface area contributed by atoms with Crippen molar-refractivity contribution < 1.29 is 13.7 Å². The van der Waals surface area contributed by atoms with Crippen molar-refractivity contribution >= 4 is 33.7 Å². The lowest BCUT2D eigenvalue weighted by Gasteiger charge is -2.51. The highest BCUT2D eigenvalue weighted by Gasteiger charge is 2.54. The Bertz CT molecular complexity index is 1160. The second-order valence-electron chi connectivity index (χ2n) is 8.44. The van der Waals surface area contributed by atoms with Gasteiger partial charge in [0.25, 0.3) is 0 Å². The Morgan fingerprint density at radius 1 is 0.793 bits per heavy atom. The molecule has 0 saturated heterocycles. The van der Waals surface area contributed by atoms with E-state index in [0.717, 1.165) is 13.1 Å². The van der Waals surface area contributed by atoms with E-state index in [0.29, 0.717) is 4.39 Å². The third-order valence-electron chi connectivity index (χ3n) is 6.84. The third kappa shape index (κ3) is 2.57. The van der Waals surface area contributed by atoms with Gasteiger partial charge in [0.2, 0.25) is 0 Å². The average molecular weight is 383 g/mol. The van der Waals surface area contributed by atoms with Crippen molar-refractivity contribution in [2.75, 3.05) is 21.3 Å². The molecule has 0 radical (unpaired) electrons. The summed E-state index contributed by atoms with van der Waals surface area (Å²) in [4.78, 5) is 0. The van der Waals surface area contributed by atoms with Crippen LogP contribution in [-0.4, -0.2) is 32.3 Å². The molecule has 1 aliphatic heterocycles. The SMILES string of the molecule is CO[B-]1(OC)c2ccccc2C[N+]1(C)Cc1c2ccccc2cc2ccccc12. The summed E-state index contributed by atoms with van der Waals surface area (Å²) >= 11 is 0. The minimum Gasteiger partial charge on any atom is -0.512 e. The van der Waals surface area contributed by atoms with Gasteiger partial charge >= 0.3 is 6.69 Å². The van der Waals surface area contributed by atoms with Crippen molar-refractivity contribution in [1.82, 2.24) is 0 Å². The van der Waals surface area contributed by atoms with Crippen LogP contribution >= 0.6 is 0 Å². The van der Waals surface area contributed by atoms with Gasteiger partial charge in [-0.15, -0.1) is 0 Å². The maximum Gasteiger partial charge on any atom is 0.502 e. The van der Waals surface area contributed by atoms with Gasteiger partial charge in [-0.3, -0.25) is 0 Å². The predicted octanol–water partition coefficient (Wildman–Crippen LogP) is 4.59. The summed E-state index contributed by atoms with van der Waals surface area (Å²) in [5.41, 5.74) is 3.85. The standard InChI is InChI=1S/C25H26BNO2/c1-27(17-21-12-6-9-15-25(21)26(27,28-2)29-3)18-24-22-13-7-4-10-19(22)16-20-11-5-8-14-23(20)24/h4-16H,17-18H2,1-3H3. The lowest BCUT2D eigenvalue weighted by molar-refractivity contribution is -0.850. The topological polar surface area (TPSA) is 18.5 Å². The Morgan fingerprint density at radius 3 is 1.97 bits per heavy atom. The first kappa shape index (κ1) is 18.4. The monoisotopic (exact) mass is 383 g/mol. The van der Waals surface area contributed by atoms with Gasteiger partial charge in [0.05, 0.1) is 13.1 Å². The average Bonchev–Trinajstić information content (AvgIpc) is 3.01. The van der Waals surface area contributed by atoms with Crippen molar-refractivity contribution in [3.63, 3.8) is 0 Å². The largest absolute Gasteiger partial charge is 0.512 e. The Hall–Kier alpha value is -2.66. The Balaban J connectivity index is 1.75. The molecule has 4 aromatic rings. The molecule has 0 spiro atoms. The molecular weight excluding hydrogens is 357 g/mol. The van der Waals surface area contributed by atoms with E-state index >= 15 is 0 Å². The molecule has 0 fully saturated rings. The van der Waals surface area contributed by atoms with E-state index in [4.69, 9.17) is 9.31 Å². The summed E-state index contributed by atoms with van der Waals surface area (Å²) in [6, 6.07) is 28.2. The molecule has 1 unspecified atom stereocenters. The molecule has 1 aliphatic rings. The summed E-state index contributed by atoms with van der Waals surface area (Å²) < 4.78 is 13.1. The number of fused-ring (bicyclic) bond motifs is 3. The van der Waals surface area contributed by atoms with Crippen LogP contribution in [-0.2, 0) is 22.4 Å². The van der Waals surface area contributed by atoms with E-state index in [9.17, 15) is 0 Å². The van der Waals surface area contributed by atoms with Crippen LogP contribution in [0.3, 0.4) is 0 Å². The zero-order valence-corrected chi connectivity index (χ0v) is 17.3. The minimum absolute atomic E-state index is 0.671. The highest BCUT2D eigenvalue weighted by molar-refractivity contribution is 6.75. The molecule has 0 amide bonds. The second-order valence-corrected chi connectivity index (χ2v) is 8.44. The molecule has 4 aromatic carbocycles. The zero-order chi connectivity index (χ0) is 20.1. The van der Waals surface area contributed by atoms with Crippen molar-refractivity contribution in [3.05, 3.63) is 90.0 Å².